The number of hydrogen-bond donors (Lipinski definition) is 0. The largest absolute Gasteiger partial charge is 0.454 e. The van der Waals surface area contributed by atoms with Gasteiger partial charge >= 0.3 is 0 Å². The highest BCUT2D eigenvalue weighted by atomic mass is 16.3. The van der Waals surface area contributed by atoms with Crippen molar-refractivity contribution in [1.82, 2.24) is 9.78 Å². The summed E-state index contributed by atoms with van der Waals surface area (Å²) < 4.78 is 8.84. The Balaban J connectivity index is 1.50. The van der Waals surface area contributed by atoms with Crippen LogP contribution < -0.4 is 21.3 Å². The number of aromatic nitrogens is 2. The molecule has 0 N–H and O–H groups in total. The lowest BCUT2D eigenvalue weighted by Crippen LogP contribution is -2.60. The van der Waals surface area contributed by atoms with Crippen LogP contribution in [0.15, 0.2) is 102 Å². The van der Waals surface area contributed by atoms with Crippen LogP contribution in [0.25, 0.3) is 38.5 Å². The van der Waals surface area contributed by atoms with E-state index in [1.54, 1.807) is 0 Å². The van der Waals surface area contributed by atoms with E-state index in [1.807, 2.05) is 12.3 Å². The van der Waals surface area contributed by atoms with E-state index in [1.165, 1.54) is 49.8 Å². The molecule has 2 aromatic heterocycles. The van der Waals surface area contributed by atoms with Gasteiger partial charge in [0.2, 0.25) is 0 Å². The summed E-state index contributed by atoms with van der Waals surface area (Å²) in [5, 5.41) is 8.31. The van der Waals surface area contributed by atoms with Crippen LogP contribution in [0, 0.1) is 13.8 Å². The predicted molar refractivity (Wildman–Crippen MR) is 157 cm³/mol. The number of benzene rings is 5. The van der Waals surface area contributed by atoms with Crippen molar-refractivity contribution in [2.24, 2.45) is 0 Å². The maximum absolute atomic E-state index is 6.71. The Labute approximate surface area is 219 Å². The van der Waals surface area contributed by atoms with Gasteiger partial charge in [-0.05, 0) is 59.6 Å². The van der Waals surface area contributed by atoms with Crippen LogP contribution in [0.5, 0.6) is 0 Å². The van der Waals surface area contributed by atoms with Crippen molar-refractivity contribution in [3.63, 3.8) is 0 Å². The molecule has 0 bridgehead atoms. The SMILES string of the molecule is Cc1cccc(C)c1N1c2cccc3c2B(c2ccc4c(oc5ccccc54)c21)c1cccc2cnn-3c12. The third-order valence-electron chi connectivity index (χ3n) is 8.50. The number of rotatable bonds is 1. The smallest absolute Gasteiger partial charge is 0.252 e. The summed E-state index contributed by atoms with van der Waals surface area (Å²) in [5.41, 5.74) is 14.0. The van der Waals surface area contributed by atoms with Gasteiger partial charge in [0.15, 0.2) is 5.58 Å². The van der Waals surface area contributed by atoms with E-state index in [0.717, 1.165) is 33.3 Å². The van der Waals surface area contributed by atoms with Crippen LogP contribution in [0.4, 0.5) is 17.1 Å². The minimum atomic E-state index is 0.0855. The first-order chi connectivity index (χ1) is 18.7. The number of furan rings is 1. The molecule has 0 atom stereocenters. The standard InChI is InChI=1S/C33H22BN3O/c1-19-8-5-9-20(2)30(19)36-26-13-7-14-27-29(26)34(24-12-6-10-21-18-35-37(27)31(21)24)25-17-16-23-22-11-3-4-15-28(22)38-33(23)32(25)36/h3-18H,1-2H3. The molecule has 0 fully saturated rings. The van der Waals surface area contributed by atoms with E-state index in [-0.39, 0.29) is 6.71 Å². The molecule has 9 rings (SSSR count). The van der Waals surface area contributed by atoms with Crippen LogP contribution in [0.2, 0.25) is 0 Å². The molecule has 178 valence electrons. The number of nitrogens with zero attached hydrogens (tertiary/aromatic N) is 3. The quantitative estimate of drug-likeness (QED) is 0.261. The molecule has 5 heteroatoms. The van der Waals surface area contributed by atoms with E-state index in [9.17, 15) is 0 Å². The molecule has 2 aliphatic heterocycles. The highest BCUT2D eigenvalue weighted by Gasteiger charge is 2.43. The summed E-state index contributed by atoms with van der Waals surface area (Å²) in [6.07, 6.45) is 1.99. The van der Waals surface area contributed by atoms with E-state index in [2.05, 4.69) is 108 Å². The topological polar surface area (TPSA) is 34.2 Å². The lowest BCUT2D eigenvalue weighted by molar-refractivity contribution is 0.669. The monoisotopic (exact) mass is 487 g/mol. The third-order valence-corrected chi connectivity index (χ3v) is 8.50. The van der Waals surface area contributed by atoms with Crippen molar-refractivity contribution in [1.29, 1.82) is 0 Å². The maximum Gasteiger partial charge on any atom is 0.252 e. The molecule has 0 saturated heterocycles. The van der Waals surface area contributed by atoms with Gasteiger partial charge in [-0.2, -0.15) is 5.10 Å². The van der Waals surface area contributed by atoms with Crippen molar-refractivity contribution < 1.29 is 4.42 Å². The van der Waals surface area contributed by atoms with E-state index in [4.69, 9.17) is 9.52 Å². The lowest BCUT2D eigenvalue weighted by atomic mass is 9.34. The van der Waals surface area contributed by atoms with Gasteiger partial charge in [0.05, 0.1) is 28.8 Å². The zero-order valence-corrected chi connectivity index (χ0v) is 21.1. The molecule has 0 saturated carbocycles. The number of fused-ring (bicyclic) bond motifs is 8. The van der Waals surface area contributed by atoms with Gasteiger partial charge in [-0.3, -0.25) is 0 Å². The Kier molecular flexibility index (Phi) is 3.72. The van der Waals surface area contributed by atoms with Gasteiger partial charge < -0.3 is 9.32 Å². The fourth-order valence-electron chi connectivity index (χ4n) is 6.98. The molecular weight excluding hydrogens is 465 g/mol. The Morgan fingerprint density at radius 3 is 2.37 bits per heavy atom. The van der Waals surface area contributed by atoms with Crippen LogP contribution in [-0.4, -0.2) is 16.5 Å². The van der Waals surface area contributed by atoms with Crippen LogP contribution in [0.3, 0.4) is 0 Å². The molecule has 0 spiro atoms. The average molecular weight is 487 g/mol. The molecule has 0 amide bonds. The van der Waals surface area contributed by atoms with Crippen molar-refractivity contribution in [3.8, 4) is 5.69 Å². The first-order valence-corrected chi connectivity index (χ1v) is 13.1. The Morgan fingerprint density at radius 2 is 1.47 bits per heavy atom. The molecule has 7 aromatic rings. The summed E-state index contributed by atoms with van der Waals surface area (Å²) in [7, 11) is 0. The average Bonchev–Trinajstić information content (AvgIpc) is 3.54. The number of hydrogen-bond acceptors (Lipinski definition) is 3. The van der Waals surface area contributed by atoms with Gasteiger partial charge in [-0.15, -0.1) is 0 Å². The van der Waals surface area contributed by atoms with Crippen LogP contribution in [-0.2, 0) is 0 Å². The zero-order chi connectivity index (χ0) is 25.1. The van der Waals surface area contributed by atoms with Gasteiger partial charge in [0, 0.05) is 21.8 Å². The Bertz CT molecular complexity index is 2120. The second kappa shape index (κ2) is 6.96. The van der Waals surface area contributed by atoms with Gasteiger partial charge in [-0.1, -0.05) is 72.8 Å². The minimum Gasteiger partial charge on any atom is -0.454 e. The lowest BCUT2D eigenvalue weighted by Gasteiger charge is -2.40. The molecule has 2 aliphatic rings. The van der Waals surface area contributed by atoms with Crippen molar-refractivity contribution in [2.45, 2.75) is 13.8 Å². The van der Waals surface area contributed by atoms with Crippen molar-refractivity contribution in [3.05, 3.63) is 108 Å². The van der Waals surface area contributed by atoms with Crippen LogP contribution in [0.1, 0.15) is 11.1 Å². The molecule has 38 heavy (non-hydrogen) atoms. The highest BCUT2D eigenvalue weighted by molar-refractivity contribution is 7.00. The summed E-state index contributed by atoms with van der Waals surface area (Å²) in [6.45, 7) is 4.49. The predicted octanol–water partition coefficient (Wildman–Crippen LogP) is 6.15. The summed E-state index contributed by atoms with van der Waals surface area (Å²) >= 11 is 0. The van der Waals surface area contributed by atoms with E-state index < -0.39 is 0 Å². The number of aryl methyl sites for hydroxylation is 2. The van der Waals surface area contributed by atoms with Gasteiger partial charge in [-0.25, -0.2) is 4.68 Å². The van der Waals surface area contributed by atoms with E-state index >= 15 is 0 Å². The van der Waals surface area contributed by atoms with Crippen molar-refractivity contribution in [2.75, 3.05) is 4.90 Å². The molecular formula is C33H22BN3O. The third kappa shape index (κ3) is 2.35. The number of para-hydroxylation sites is 3. The fourth-order valence-corrected chi connectivity index (χ4v) is 6.98. The molecule has 0 unspecified atom stereocenters. The molecule has 5 aromatic carbocycles. The van der Waals surface area contributed by atoms with Gasteiger partial charge in [0.1, 0.15) is 5.58 Å². The normalized spacial score (nSPS) is 13.4. The highest BCUT2D eigenvalue weighted by Crippen LogP contribution is 2.46. The van der Waals surface area contributed by atoms with Crippen molar-refractivity contribution >= 4 is 73.0 Å². The fraction of sp³-hybridized carbons (Fsp3) is 0.0606. The second-order valence-corrected chi connectivity index (χ2v) is 10.5. The Hall–Kier alpha value is -4.77. The summed E-state index contributed by atoms with van der Waals surface area (Å²) in [6, 6.07) is 32.7. The Morgan fingerprint density at radius 1 is 0.684 bits per heavy atom. The van der Waals surface area contributed by atoms with Crippen LogP contribution >= 0.6 is 0 Å². The summed E-state index contributed by atoms with van der Waals surface area (Å²) in [5.74, 6) is 0. The molecule has 0 radical (unpaired) electrons. The molecule has 4 nitrogen and oxygen atoms in total. The molecule has 4 heterocycles. The second-order valence-electron chi connectivity index (χ2n) is 10.5. The molecule has 0 aliphatic carbocycles. The minimum absolute atomic E-state index is 0.0855. The first-order valence-electron chi connectivity index (χ1n) is 13.1. The van der Waals surface area contributed by atoms with Gasteiger partial charge in [0.25, 0.3) is 6.71 Å². The summed E-state index contributed by atoms with van der Waals surface area (Å²) in [4.78, 5) is 2.45. The zero-order valence-electron chi connectivity index (χ0n) is 21.1. The number of anilines is 3. The maximum atomic E-state index is 6.71. The first kappa shape index (κ1) is 20.3. The van der Waals surface area contributed by atoms with E-state index in [0.29, 0.717) is 0 Å².